The first-order valence-corrected chi connectivity index (χ1v) is 8.62. The summed E-state index contributed by atoms with van der Waals surface area (Å²) < 4.78 is 1.93. The highest BCUT2D eigenvalue weighted by Gasteiger charge is 2.22. The molecule has 0 aromatic carbocycles. The Bertz CT molecular complexity index is 1030. The Labute approximate surface area is 150 Å². The van der Waals surface area contributed by atoms with Crippen molar-refractivity contribution < 1.29 is 0 Å². The van der Waals surface area contributed by atoms with Crippen LogP contribution in [0.4, 0.5) is 17.6 Å². The Kier molecular flexibility index (Phi) is 3.78. The van der Waals surface area contributed by atoms with Crippen LogP contribution in [0.5, 0.6) is 0 Å². The maximum absolute atomic E-state index is 11.6. The molecule has 4 heterocycles. The molecular weight excluding hydrogens is 332 g/mol. The molecule has 1 fully saturated rings. The molecule has 0 amide bonds. The molecule has 0 bridgehead atoms. The van der Waals surface area contributed by atoms with Crippen LogP contribution in [0.2, 0.25) is 0 Å². The van der Waals surface area contributed by atoms with Gasteiger partial charge in [0.25, 0.3) is 5.56 Å². The summed E-state index contributed by atoms with van der Waals surface area (Å²) in [5.74, 6) is 1.80. The van der Waals surface area contributed by atoms with E-state index in [1.807, 2.05) is 18.4 Å². The highest BCUT2D eigenvalue weighted by Crippen LogP contribution is 2.23. The number of nitrogen functional groups attached to an aromatic ring is 1. The van der Waals surface area contributed by atoms with Crippen molar-refractivity contribution in [2.24, 2.45) is 0 Å². The van der Waals surface area contributed by atoms with Crippen LogP contribution in [0.15, 0.2) is 16.9 Å². The maximum Gasteiger partial charge on any atom is 0.254 e. The minimum absolute atomic E-state index is 0.142. The van der Waals surface area contributed by atoms with E-state index in [1.165, 1.54) is 6.07 Å². The van der Waals surface area contributed by atoms with Gasteiger partial charge in [0.1, 0.15) is 11.6 Å². The summed E-state index contributed by atoms with van der Waals surface area (Å²) in [6, 6.07) is 3.55. The quantitative estimate of drug-likeness (QED) is 0.695. The number of nitrogens with one attached hydrogen (secondary N) is 1. The number of hydrogen-bond donors (Lipinski definition) is 2. The van der Waals surface area contributed by atoms with Crippen LogP contribution in [0.1, 0.15) is 17.0 Å². The molecule has 0 unspecified atom stereocenters. The highest BCUT2D eigenvalue weighted by atomic mass is 16.1. The molecule has 1 aliphatic heterocycles. The van der Waals surface area contributed by atoms with Crippen molar-refractivity contribution in [3.8, 4) is 0 Å². The Morgan fingerprint density at radius 3 is 2.42 bits per heavy atom. The molecule has 0 spiro atoms. The number of nitrogens with zero attached hydrogens (tertiary/aromatic N) is 6. The fraction of sp³-hybridized carbons (Fsp3) is 0.412. The van der Waals surface area contributed by atoms with E-state index in [4.69, 9.17) is 5.73 Å². The van der Waals surface area contributed by atoms with Crippen LogP contribution in [0.25, 0.3) is 5.65 Å². The second-order valence-electron chi connectivity index (χ2n) is 6.66. The van der Waals surface area contributed by atoms with Crippen LogP contribution in [-0.4, -0.2) is 50.7 Å². The number of nitrogens with two attached hydrogens (primary N) is 1. The summed E-state index contributed by atoms with van der Waals surface area (Å²) >= 11 is 0. The van der Waals surface area contributed by atoms with Crippen LogP contribution < -0.4 is 21.1 Å². The van der Waals surface area contributed by atoms with Crippen molar-refractivity contribution in [3.63, 3.8) is 0 Å². The van der Waals surface area contributed by atoms with E-state index < -0.39 is 0 Å². The number of piperazine rings is 1. The minimum Gasteiger partial charge on any atom is -0.369 e. The van der Waals surface area contributed by atoms with E-state index in [9.17, 15) is 4.79 Å². The van der Waals surface area contributed by atoms with Gasteiger partial charge in [0.15, 0.2) is 5.65 Å². The molecule has 0 saturated carbocycles. The lowest BCUT2D eigenvalue weighted by Gasteiger charge is -2.36. The average Bonchev–Trinajstić information content (AvgIpc) is 2.88. The van der Waals surface area contributed by atoms with Crippen LogP contribution in [0, 0.1) is 20.8 Å². The van der Waals surface area contributed by atoms with E-state index in [0.717, 1.165) is 54.6 Å². The fourth-order valence-corrected chi connectivity index (χ4v) is 3.35. The number of aryl methyl sites for hydroxylation is 3. The first kappa shape index (κ1) is 16.4. The smallest absolute Gasteiger partial charge is 0.254 e. The minimum atomic E-state index is -0.233. The van der Waals surface area contributed by atoms with Crippen molar-refractivity contribution in [1.82, 2.24) is 24.6 Å². The number of aromatic nitrogens is 5. The highest BCUT2D eigenvalue weighted by molar-refractivity contribution is 5.57. The Hall–Kier alpha value is -3.10. The number of hydrogen-bond acceptors (Lipinski definition) is 7. The summed E-state index contributed by atoms with van der Waals surface area (Å²) in [5, 5.41) is 4.65. The molecule has 0 atom stereocenters. The van der Waals surface area contributed by atoms with Crippen LogP contribution in [-0.2, 0) is 0 Å². The number of H-pyrrole nitrogens is 1. The van der Waals surface area contributed by atoms with E-state index in [0.29, 0.717) is 5.82 Å². The molecule has 9 heteroatoms. The molecule has 0 radical (unpaired) electrons. The topological polar surface area (TPSA) is 108 Å². The van der Waals surface area contributed by atoms with E-state index >= 15 is 0 Å². The van der Waals surface area contributed by atoms with Gasteiger partial charge in [-0.3, -0.25) is 9.78 Å². The largest absolute Gasteiger partial charge is 0.369 e. The van der Waals surface area contributed by atoms with E-state index in [2.05, 4.69) is 42.8 Å². The third-order valence-electron chi connectivity index (χ3n) is 4.84. The summed E-state index contributed by atoms with van der Waals surface area (Å²) in [4.78, 5) is 27.3. The maximum atomic E-state index is 11.6. The van der Waals surface area contributed by atoms with Gasteiger partial charge in [0.05, 0.1) is 5.69 Å². The zero-order valence-corrected chi connectivity index (χ0v) is 15.2. The third-order valence-corrected chi connectivity index (χ3v) is 4.84. The molecule has 3 N–H and O–H groups in total. The van der Waals surface area contributed by atoms with Gasteiger partial charge in [-0.05, 0) is 20.8 Å². The third kappa shape index (κ3) is 2.75. The van der Waals surface area contributed by atoms with Crippen molar-refractivity contribution >= 4 is 23.2 Å². The predicted octanol–water partition coefficient (Wildman–Crippen LogP) is 0.647. The number of anilines is 3. The second-order valence-corrected chi connectivity index (χ2v) is 6.66. The molecule has 9 nitrogen and oxygen atoms in total. The summed E-state index contributed by atoms with van der Waals surface area (Å²) in [5.41, 5.74) is 9.41. The number of fused-ring (bicyclic) bond motifs is 1. The first-order chi connectivity index (χ1) is 12.4. The zero-order valence-electron chi connectivity index (χ0n) is 15.2. The van der Waals surface area contributed by atoms with E-state index in [1.54, 1.807) is 0 Å². The summed E-state index contributed by atoms with van der Waals surface area (Å²) in [6.07, 6.45) is 0. The number of rotatable bonds is 2. The van der Waals surface area contributed by atoms with Gasteiger partial charge in [-0.25, -0.2) is 4.98 Å². The lowest BCUT2D eigenvalue weighted by Crippen LogP contribution is -2.47. The van der Waals surface area contributed by atoms with Crippen LogP contribution in [0.3, 0.4) is 0 Å². The SMILES string of the molecule is Cc1cc(N2CCN(c3cc(=O)[nH]c(N)n3)CC2)n2nc(C)c(C)c2n1. The summed E-state index contributed by atoms with van der Waals surface area (Å²) in [7, 11) is 0. The zero-order chi connectivity index (χ0) is 18.4. The fourth-order valence-electron chi connectivity index (χ4n) is 3.35. The van der Waals surface area contributed by atoms with Gasteiger partial charge in [0, 0.05) is 49.6 Å². The van der Waals surface area contributed by atoms with Crippen molar-refractivity contribution in [2.45, 2.75) is 20.8 Å². The molecule has 4 rings (SSSR count). The summed E-state index contributed by atoms with van der Waals surface area (Å²) in [6.45, 7) is 9.15. The number of aromatic amines is 1. The monoisotopic (exact) mass is 354 g/mol. The Morgan fingerprint density at radius 2 is 1.73 bits per heavy atom. The lowest BCUT2D eigenvalue weighted by molar-refractivity contribution is 0.632. The molecule has 26 heavy (non-hydrogen) atoms. The predicted molar refractivity (Wildman–Crippen MR) is 101 cm³/mol. The molecule has 136 valence electrons. The molecular formula is C17H22N8O. The van der Waals surface area contributed by atoms with E-state index in [-0.39, 0.29) is 11.5 Å². The normalized spacial score (nSPS) is 15.0. The molecule has 3 aromatic heterocycles. The molecule has 3 aromatic rings. The van der Waals surface area contributed by atoms with Gasteiger partial charge in [-0.1, -0.05) is 0 Å². The Balaban J connectivity index is 1.61. The van der Waals surface area contributed by atoms with Gasteiger partial charge in [-0.15, -0.1) is 0 Å². The molecule has 1 aliphatic rings. The van der Waals surface area contributed by atoms with Crippen molar-refractivity contribution in [1.29, 1.82) is 0 Å². The van der Waals surface area contributed by atoms with Crippen molar-refractivity contribution in [3.05, 3.63) is 39.4 Å². The van der Waals surface area contributed by atoms with Gasteiger partial charge >= 0.3 is 0 Å². The van der Waals surface area contributed by atoms with Gasteiger partial charge < -0.3 is 15.5 Å². The first-order valence-electron chi connectivity index (χ1n) is 8.62. The molecule has 1 saturated heterocycles. The van der Waals surface area contributed by atoms with Gasteiger partial charge in [0.2, 0.25) is 5.95 Å². The van der Waals surface area contributed by atoms with Gasteiger partial charge in [-0.2, -0.15) is 14.6 Å². The lowest BCUT2D eigenvalue weighted by atomic mass is 10.2. The van der Waals surface area contributed by atoms with Crippen LogP contribution >= 0.6 is 0 Å². The molecule has 0 aliphatic carbocycles. The Morgan fingerprint density at radius 1 is 1.04 bits per heavy atom. The van der Waals surface area contributed by atoms with Crippen molar-refractivity contribution in [2.75, 3.05) is 41.7 Å². The average molecular weight is 354 g/mol. The standard InChI is InChI=1S/C17H22N8O/c1-10-8-15(25-16(19-10)11(2)12(3)22-25)24-6-4-23(5-7-24)13-9-14(26)21-17(18)20-13/h8-9H,4-7H2,1-3H3,(H3,18,20,21,26). The second kappa shape index (κ2) is 6.01.